The monoisotopic (exact) mass is 391 g/mol. The van der Waals surface area contributed by atoms with Crippen molar-refractivity contribution in [3.8, 4) is 0 Å². The van der Waals surface area contributed by atoms with Crippen LogP contribution in [0.25, 0.3) is 11.0 Å². The van der Waals surface area contributed by atoms with Gasteiger partial charge in [-0.1, -0.05) is 12.1 Å². The Morgan fingerprint density at radius 1 is 1.07 bits per heavy atom. The summed E-state index contributed by atoms with van der Waals surface area (Å²) in [4.78, 5) is 25.9. The molecule has 0 aliphatic carbocycles. The van der Waals surface area contributed by atoms with E-state index in [2.05, 4.69) is 56.0 Å². The van der Waals surface area contributed by atoms with Gasteiger partial charge in [0.1, 0.15) is 0 Å². The molecule has 150 valence electrons. The van der Waals surface area contributed by atoms with Gasteiger partial charge in [0.2, 0.25) is 0 Å². The zero-order chi connectivity index (χ0) is 19.8. The number of nitrogens with zero attached hydrogens (tertiary/aromatic N) is 4. The Balaban J connectivity index is 1.42. The predicted octanol–water partition coefficient (Wildman–Crippen LogP) is 2.42. The highest BCUT2D eigenvalue weighted by Gasteiger charge is 2.35. The quantitative estimate of drug-likeness (QED) is 0.689. The molecule has 2 aliphatic rings. The topological polar surface area (TPSA) is 64.7 Å². The summed E-state index contributed by atoms with van der Waals surface area (Å²) < 4.78 is 5.80. The van der Waals surface area contributed by atoms with E-state index >= 15 is 0 Å². The number of carbonyl (C=O) groups excluding carboxylic acids is 1. The lowest BCUT2D eigenvalue weighted by molar-refractivity contribution is -0.115. The van der Waals surface area contributed by atoms with E-state index < -0.39 is 6.23 Å². The summed E-state index contributed by atoms with van der Waals surface area (Å²) in [7, 11) is 2.17. The van der Waals surface area contributed by atoms with Crippen molar-refractivity contribution < 1.29 is 9.53 Å². The fraction of sp³-hybridized carbons (Fsp3) is 0.364. The number of aromatic amines is 1. The first-order valence-electron chi connectivity index (χ1n) is 10.0. The molecule has 5 rings (SSSR count). The number of nitrogens with one attached hydrogen (secondary N) is 1. The van der Waals surface area contributed by atoms with Gasteiger partial charge in [0.15, 0.2) is 12.5 Å². The molecule has 0 radical (unpaired) electrons. The number of piperazine rings is 1. The summed E-state index contributed by atoms with van der Waals surface area (Å²) in [5, 5.41) is 0. The largest absolute Gasteiger partial charge is 0.369 e. The van der Waals surface area contributed by atoms with Gasteiger partial charge in [-0.2, -0.15) is 0 Å². The second kappa shape index (κ2) is 7.50. The van der Waals surface area contributed by atoms with Crippen LogP contribution in [0.3, 0.4) is 0 Å². The van der Waals surface area contributed by atoms with Crippen LogP contribution in [0.2, 0.25) is 0 Å². The van der Waals surface area contributed by atoms with Crippen LogP contribution in [0.15, 0.2) is 48.8 Å². The Bertz CT molecular complexity index is 994. The van der Waals surface area contributed by atoms with Crippen LogP contribution in [-0.4, -0.2) is 67.2 Å². The number of aromatic nitrogens is 2. The third-order valence-electron chi connectivity index (χ3n) is 6.00. The Morgan fingerprint density at radius 2 is 1.83 bits per heavy atom. The van der Waals surface area contributed by atoms with E-state index in [9.17, 15) is 4.79 Å². The molecule has 0 saturated carbocycles. The molecule has 2 aromatic carbocycles. The van der Waals surface area contributed by atoms with Crippen LogP contribution >= 0.6 is 0 Å². The van der Waals surface area contributed by atoms with E-state index in [0.29, 0.717) is 6.61 Å². The number of H-pyrrole nitrogens is 1. The zero-order valence-corrected chi connectivity index (χ0v) is 16.5. The van der Waals surface area contributed by atoms with E-state index in [1.165, 1.54) is 5.69 Å². The number of aldehydes is 1. The minimum absolute atomic E-state index is 0.00730. The van der Waals surface area contributed by atoms with Gasteiger partial charge in [0.25, 0.3) is 0 Å². The minimum Gasteiger partial charge on any atom is -0.369 e. The molecule has 0 bridgehead atoms. The van der Waals surface area contributed by atoms with Crippen molar-refractivity contribution in [3.05, 3.63) is 54.4 Å². The normalized spacial score (nSPS) is 23.1. The highest BCUT2D eigenvalue weighted by Crippen LogP contribution is 2.36. The maximum absolute atomic E-state index is 11.7. The second-order valence-corrected chi connectivity index (χ2v) is 7.77. The summed E-state index contributed by atoms with van der Waals surface area (Å²) in [6, 6.07) is 14.7. The fourth-order valence-corrected chi connectivity index (χ4v) is 4.27. The molecule has 1 N–H and O–H groups in total. The first-order chi connectivity index (χ1) is 14.2. The van der Waals surface area contributed by atoms with Crippen molar-refractivity contribution in [2.45, 2.75) is 12.3 Å². The molecule has 3 heterocycles. The Kier molecular flexibility index (Phi) is 4.69. The van der Waals surface area contributed by atoms with Crippen molar-refractivity contribution in [2.24, 2.45) is 0 Å². The SMILES string of the molecule is CN1CCN(c2ccc(C3COC(C=O)N3c3ccc4nc[nH]c4c3)cc2)CC1. The molecule has 7 nitrogen and oxygen atoms in total. The lowest BCUT2D eigenvalue weighted by Gasteiger charge is -2.34. The smallest absolute Gasteiger partial charge is 0.187 e. The molecule has 2 saturated heterocycles. The molecule has 0 spiro atoms. The average molecular weight is 391 g/mol. The lowest BCUT2D eigenvalue weighted by atomic mass is 10.0. The van der Waals surface area contributed by atoms with Crippen LogP contribution < -0.4 is 9.80 Å². The highest BCUT2D eigenvalue weighted by atomic mass is 16.5. The molecule has 0 amide bonds. The maximum atomic E-state index is 11.7. The van der Waals surface area contributed by atoms with Crippen molar-refractivity contribution >= 4 is 28.7 Å². The molecule has 2 aliphatic heterocycles. The van der Waals surface area contributed by atoms with Crippen LogP contribution in [0.4, 0.5) is 11.4 Å². The minimum atomic E-state index is -0.585. The molecule has 2 atom stereocenters. The van der Waals surface area contributed by atoms with Gasteiger partial charge in [-0.3, -0.25) is 4.79 Å². The van der Waals surface area contributed by atoms with Gasteiger partial charge < -0.3 is 24.4 Å². The third kappa shape index (κ3) is 3.36. The van der Waals surface area contributed by atoms with Gasteiger partial charge in [0.05, 0.1) is 30.0 Å². The predicted molar refractivity (Wildman–Crippen MR) is 113 cm³/mol. The van der Waals surface area contributed by atoms with Gasteiger partial charge in [0, 0.05) is 37.6 Å². The van der Waals surface area contributed by atoms with Crippen molar-refractivity contribution in [1.29, 1.82) is 0 Å². The summed E-state index contributed by atoms with van der Waals surface area (Å²) in [5.41, 5.74) is 5.20. The number of hydrogen-bond acceptors (Lipinski definition) is 6. The molecule has 7 heteroatoms. The first-order valence-corrected chi connectivity index (χ1v) is 10.0. The Labute approximate surface area is 169 Å². The lowest BCUT2D eigenvalue weighted by Crippen LogP contribution is -2.44. The van der Waals surface area contributed by atoms with E-state index in [-0.39, 0.29) is 6.04 Å². The van der Waals surface area contributed by atoms with Crippen molar-refractivity contribution in [3.63, 3.8) is 0 Å². The number of ether oxygens (including phenoxy) is 1. The standard InChI is InChI=1S/C22H25N5O2/c1-25-8-10-26(11-9-25)17-4-2-16(3-5-17)21-14-29-22(13-28)27(21)18-6-7-19-20(12-18)24-15-23-19/h2-7,12-13,15,21-22H,8-11,14H2,1H3,(H,23,24). The first kappa shape index (κ1) is 18.1. The fourth-order valence-electron chi connectivity index (χ4n) is 4.27. The third-order valence-corrected chi connectivity index (χ3v) is 6.00. The number of fused-ring (bicyclic) bond motifs is 1. The molecule has 3 aromatic rings. The van der Waals surface area contributed by atoms with E-state index in [1.54, 1.807) is 6.33 Å². The molecule has 29 heavy (non-hydrogen) atoms. The summed E-state index contributed by atoms with van der Waals surface area (Å²) >= 11 is 0. The number of rotatable bonds is 4. The van der Waals surface area contributed by atoms with Gasteiger partial charge in [-0.15, -0.1) is 0 Å². The maximum Gasteiger partial charge on any atom is 0.187 e. The molecular formula is C22H25N5O2. The molecule has 1 aromatic heterocycles. The number of hydrogen-bond donors (Lipinski definition) is 1. The van der Waals surface area contributed by atoms with Gasteiger partial charge >= 0.3 is 0 Å². The van der Waals surface area contributed by atoms with Crippen LogP contribution in [0.5, 0.6) is 0 Å². The Morgan fingerprint density at radius 3 is 2.59 bits per heavy atom. The number of benzene rings is 2. The number of imidazole rings is 1. The van der Waals surface area contributed by atoms with Crippen molar-refractivity contribution in [1.82, 2.24) is 14.9 Å². The average Bonchev–Trinajstić information content (AvgIpc) is 3.40. The summed E-state index contributed by atoms with van der Waals surface area (Å²) in [5.74, 6) is 0. The van der Waals surface area contributed by atoms with Gasteiger partial charge in [-0.05, 0) is 42.9 Å². The summed E-state index contributed by atoms with van der Waals surface area (Å²) in [6.45, 7) is 4.75. The highest BCUT2D eigenvalue weighted by molar-refractivity contribution is 5.80. The summed E-state index contributed by atoms with van der Waals surface area (Å²) in [6.07, 6.45) is 1.97. The van der Waals surface area contributed by atoms with Crippen molar-refractivity contribution in [2.75, 3.05) is 49.6 Å². The number of likely N-dealkylation sites (N-methyl/N-ethyl adjacent to an activating group) is 1. The van der Waals surface area contributed by atoms with Crippen LogP contribution in [-0.2, 0) is 9.53 Å². The van der Waals surface area contributed by atoms with Crippen LogP contribution in [0.1, 0.15) is 11.6 Å². The van der Waals surface area contributed by atoms with E-state index in [1.807, 2.05) is 18.2 Å². The van der Waals surface area contributed by atoms with Crippen LogP contribution in [0, 0.1) is 0 Å². The van der Waals surface area contributed by atoms with Gasteiger partial charge in [-0.25, -0.2) is 4.98 Å². The zero-order valence-electron chi connectivity index (χ0n) is 16.5. The van der Waals surface area contributed by atoms with E-state index in [4.69, 9.17) is 4.74 Å². The second-order valence-electron chi connectivity index (χ2n) is 7.77. The molecule has 2 unspecified atom stereocenters. The molecule has 2 fully saturated rings. The number of carbonyl (C=O) groups is 1. The van der Waals surface area contributed by atoms with E-state index in [0.717, 1.165) is 54.7 Å². The Hall–Kier alpha value is -2.90. The number of anilines is 2. The molecular weight excluding hydrogens is 366 g/mol.